The molecule has 0 fully saturated rings. The Morgan fingerprint density at radius 2 is 1.75 bits per heavy atom. The van der Waals surface area contributed by atoms with Gasteiger partial charge in [-0.05, 0) is 36.4 Å². The number of hydrogen-bond acceptors (Lipinski definition) is 6. The number of halogens is 1. The molecule has 28 heavy (non-hydrogen) atoms. The van der Waals surface area contributed by atoms with Gasteiger partial charge in [-0.25, -0.2) is 4.98 Å². The molecule has 1 heterocycles. The van der Waals surface area contributed by atoms with Gasteiger partial charge in [0.2, 0.25) is 0 Å². The highest BCUT2D eigenvalue weighted by Gasteiger charge is 2.16. The third kappa shape index (κ3) is 4.59. The van der Waals surface area contributed by atoms with Crippen molar-refractivity contribution in [2.75, 3.05) is 24.9 Å². The number of anilines is 2. The number of carbonyl (C=O) groups excluding carboxylic acids is 2. The lowest BCUT2D eigenvalue weighted by atomic mass is 10.2. The Hall–Kier alpha value is -3.10. The third-order valence-corrected chi connectivity index (χ3v) is 4.73. The summed E-state index contributed by atoms with van der Waals surface area (Å²) < 4.78 is 10.4. The van der Waals surface area contributed by atoms with Crippen molar-refractivity contribution in [3.63, 3.8) is 0 Å². The van der Waals surface area contributed by atoms with Crippen molar-refractivity contribution >= 4 is 45.6 Å². The van der Waals surface area contributed by atoms with Crippen LogP contribution in [0.3, 0.4) is 0 Å². The maximum absolute atomic E-state index is 12.5. The molecule has 2 aromatic carbocycles. The van der Waals surface area contributed by atoms with Crippen LogP contribution >= 0.6 is 22.9 Å². The molecule has 9 heteroatoms. The van der Waals surface area contributed by atoms with E-state index in [1.54, 1.807) is 47.8 Å². The van der Waals surface area contributed by atoms with Crippen molar-refractivity contribution in [1.82, 2.24) is 4.98 Å². The molecule has 0 unspecified atom stereocenters. The Morgan fingerprint density at radius 3 is 2.43 bits per heavy atom. The molecule has 2 amide bonds. The summed E-state index contributed by atoms with van der Waals surface area (Å²) in [5.74, 6) is 0.285. The number of aromatic nitrogens is 1. The van der Waals surface area contributed by atoms with Gasteiger partial charge >= 0.3 is 0 Å². The molecule has 2 N–H and O–H groups in total. The van der Waals surface area contributed by atoms with E-state index in [4.69, 9.17) is 21.1 Å². The normalized spacial score (nSPS) is 10.2. The summed E-state index contributed by atoms with van der Waals surface area (Å²) in [5, 5.41) is 7.79. The molecule has 0 atom stereocenters. The van der Waals surface area contributed by atoms with Gasteiger partial charge in [0, 0.05) is 22.0 Å². The first-order valence-electron chi connectivity index (χ1n) is 8.06. The van der Waals surface area contributed by atoms with Crippen molar-refractivity contribution in [2.24, 2.45) is 0 Å². The van der Waals surface area contributed by atoms with Gasteiger partial charge in [0.25, 0.3) is 11.8 Å². The predicted octanol–water partition coefficient (Wildman–Crippen LogP) is 4.32. The Labute approximate surface area is 170 Å². The number of methoxy groups -OCH3 is 2. The average molecular weight is 418 g/mol. The number of nitrogens with zero attached hydrogens (tertiary/aromatic N) is 1. The van der Waals surface area contributed by atoms with E-state index in [1.807, 2.05) is 0 Å². The van der Waals surface area contributed by atoms with Crippen molar-refractivity contribution in [2.45, 2.75) is 0 Å². The van der Waals surface area contributed by atoms with Crippen molar-refractivity contribution in [3.8, 4) is 11.5 Å². The maximum atomic E-state index is 12.5. The average Bonchev–Trinajstić information content (AvgIpc) is 3.17. The van der Waals surface area contributed by atoms with Crippen LogP contribution in [0.5, 0.6) is 11.5 Å². The second-order valence-corrected chi connectivity index (χ2v) is 6.81. The number of benzene rings is 2. The molecule has 0 saturated heterocycles. The van der Waals surface area contributed by atoms with Gasteiger partial charge in [-0.3, -0.25) is 14.9 Å². The zero-order valence-electron chi connectivity index (χ0n) is 15.0. The molecule has 0 spiro atoms. The summed E-state index contributed by atoms with van der Waals surface area (Å²) in [5.41, 5.74) is 1.06. The topological polar surface area (TPSA) is 89.5 Å². The van der Waals surface area contributed by atoms with E-state index in [-0.39, 0.29) is 11.6 Å². The molecule has 3 rings (SSSR count). The van der Waals surface area contributed by atoms with E-state index in [2.05, 4.69) is 15.6 Å². The molecule has 0 aliphatic rings. The molecule has 0 bridgehead atoms. The van der Waals surface area contributed by atoms with Gasteiger partial charge in [-0.15, -0.1) is 11.3 Å². The van der Waals surface area contributed by atoms with Gasteiger partial charge in [0.1, 0.15) is 17.2 Å². The van der Waals surface area contributed by atoms with Gasteiger partial charge in [0.05, 0.1) is 19.9 Å². The molecule has 0 aliphatic carbocycles. The number of amides is 2. The molecule has 3 aromatic rings. The SMILES string of the molecule is COc1ccc(OC)c(NC(=O)c2csc(NC(=O)c3ccc(Cl)cc3)n2)c1. The zero-order valence-corrected chi connectivity index (χ0v) is 16.6. The molecular weight excluding hydrogens is 402 g/mol. The molecule has 0 radical (unpaired) electrons. The monoisotopic (exact) mass is 417 g/mol. The Morgan fingerprint density at radius 1 is 1.00 bits per heavy atom. The lowest BCUT2D eigenvalue weighted by Crippen LogP contribution is -2.14. The molecule has 0 saturated carbocycles. The number of carbonyl (C=O) groups is 2. The lowest BCUT2D eigenvalue weighted by molar-refractivity contribution is 0.101. The van der Waals surface area contributed by atoms with Crippen LogP contribution in [0.1, 0.15) is 20.8 Å². The Kier molecular flexibility index (Phi) is 6.13. The summed E-state index contributed by atoms with van der Waals surface area (Å²) >= 11 is 6.96. The summed E-state index contributed by atoms with van der Waals surface area (Å²) in [4.78, 5) is 28.9. The summed E-state index contributed by atoms with van der Waals surface area (Å²) in [6.07, 6.45) is 0. The van der Waals surface area contributed by atoms with Crippen molar-refractivity contribution in [1.29, 1.82) is 0 Å². The van der Waals surface area contributed by atoms with Crippen LogP contribution in [-0.4, -0.2) is 31.0 Å². The van der Waals surface area contributed by atoms with Crippen LogP contribution < -0.4 is 20.1 Å². The highest BCUT2D eigenvalue weighted by molar-refractivity contribution is 7.14. The minimum absolute atomic E-state index is 0.168. The zero-order chi connectivity index (χ0) is 20.1. The number of thiazole rings is 1. The summed E-state index contributed by atoms with van der Waals surface area (Å²) in [6, 6.07) is 11.5. The molecule has 0 aliphatic heterocycles. The summed E-state index contributed by atoms with van der Waals surface area (Å²) in [7, 11) is 3.04. The van der Waals surface area contributed by atoms with Crippen LogP contribution in [0, 0.1) is 0 Å². The van der Waals surface area contributed by atoms with E-state index in [0.717, 1.165) is 11.3 Å². The Balaban J connectivity index is 1.70. The van der Waals surface area contributed by atoms with E-state index in [0.29, 0.717) is 32.9 Å². The van der Waals surface area contributed by atoms with Gasteiger partial charge in [-0.2, -0.15) is 0 Å². The highest BCUT2D eigenvalue weighted by Crippen LogP contribution is 2.29. The van der Waals surface area contributed by atoms with Gasteiger partial charge in [-0.1, -0.05) is 11.6 Å². The number of hydrogen-bond donors (Lipinski definition) is 2. The van der Waals surface area contributed by atoms with Crippen LogP contribution in [0.4, 0.5) is 10.8 Å². The highest BCUT2D eigenvalue weighted by atomic mass is 35.5. The quantitative estimate of drug-likeness (QED) is 0.623. The molecule has 1 aromatic heterocycles. The standard InChI is InChI=1S/C19H16ClN3O4S/c1-26-13-7-8-16(27-2)14(9-13)21-18(25)15-10-28-19(22-15)23-17(24)11-3-5-12(20)6-4-11/h3-10H,1-2H3,(H,21,25)(H,22,23,24). The van der Waals surface area contributed by atoms with Crippen molar-refractivity contribution < 1.29 is 19.1 Å². The van der Waals surface area contributed by atoms with Crippen LogP contribution in [-0.2, 0) is 0 Å². The number of rotatable bonds is 6. The smallest absolute Gasteiger partial charge is 0.275 e. The van der Waals surface area contributed by atoms with E-state index >= 15 is 0 Å². The largest absolute Gasteiger partial charge is 0.497 e. The number of nitrogens with one attached hydrogen (secondary N) is 2. The fraction of sp³-hybridized carbons (Fsp3) is 0.105. The van der Waals surface area contributed by atoms with Crippen LogP contribution in [0.2, 0.25) is 5.02 Å². The Bertz CT molecular complexity index is 1000. The second kappa shape index (κ2) is 8.73. The summed E-state index contributed by atoms with van der Waals surface area (Å²) in [6.45, 7) is 0. The second-order valence-electron chi connectivity index (χ2n) is 5.52. The first-order chi connectivity index (χ1) is 13.5. The van der Waals surface area contributed by atoms with E-state index in [9.17, 15) is 9.59 Å². The lowest BCUT2D eigenvalue weighted by Gasteiger charge is -2.10. The van der Waals surface area contributed by atoms with Crippen LogP contribution in [0.15, 0.2) is 47.8 Å². The molecular formula is C19H16ClN3O4S. The molecule has 7 nitrogen and oxygen atoms in total. The first-order valence-corrected chi connectivity index (χ1v) is 9.31. The van der Waals surface area contributed by atoms with E-state index < -0.39 is 5.91 Å². The fourth-order valence-electron chi connectivity index (χ4n) is 2.30. The fourth-order valence-corrected chi connectivity index (χ4v) is 3.12. The minimum atomic E-state index is -0.435. The van der Waals surface area contributed by atoms with E-state index in [1.165, 1.54) is 14.2 Å². The minimum Gasteiger partial charge on any atom is -0.497 e. The third-order valence-electron chi connectivity index (χ3n) is 3.72. The number of ether oxygens (including phenoxy) is 2. The van der Waals surface area contributed by atoms with Gasteiger partial charge < -0.3 is 14.8 Å². The van der Waals surface area contributed by atoms with Gasteiger partial charge in [0.15, 0.2) is 5.13 Å². The molecule has 144 valence electrons. The van der Waals surface area contributed by atoms with Crippen molar-refractivity contribution in [3.05, 3.63) is 64.1 Å². The van der Waals surface area contributed by atoms with Crippen LogP contribution in [0.25, 0.3) is 0 Å². The predicted molar refractivity (Wildman–Crippen MR) is 109 cm³/mol. The first kappa shape index (κ1) is 19.7. The maximum Gasteiger partial charge on any atom is 0.275 e.